The zero-order valence-corrected chi connectivity index (χ0v) is 12.4. The molecule has 0 radical (unpaired) electrons. The van der Waals surface area contributed by atoms with Gasteiger partial charge < -0.3 is 15.4 Å². The molecule has 0 heterocycles. The van der Waals surface area contributed by atoms with E-state index in [9.17, 15) is 0 Å². The Morgan fingerprint density at radius 2 is 2.06 bits per heavy atom. The molecule has 1 atom stereocenters. The van der Waals surface area contributed by atoms with E-state index >= 15 is 0 Å². The Labute approximate surface area is 115 Å². The Balaban J connectivity index is 3.11. The van der Waals surface area contributed by atoms with Gasteiger partial charge in [0.05, 0.1) is 11.6 Å². The quantitative estimate of drug-likeness (QED) is 0.864. The highest BCUT2D eigenvalue weighted by Gasteiger charge is 2.17. The van der Waals surface area contributed by atoms with E-state index in [0.29, 0.717) is 24.2 Å². The lowest BCUT2D eigenvalue weighted by molar-refractivity contribution is 0.285. The number of rotatable bonds is 6. The maximum atomic E-state index is 6.25. The molecule has 2 N–H and O–H groups in total. The third-order valence-electron chi connectivity index (χ3n) is 3.04. The van der Waals surface area contributed by atoms with Crippen LogP contribution in [-0.2, 0) is 0 Å². The van der Waals surface area contributed by atoms with Crippen LogP contribution < -0.4 is 10.5 Å². The van der Waals surface area contributed by atoms with E-state index in [0.717, 1.165) is 12.2 Å². The van der Waals surface area contributed by atoms with Gasteiger partial charge in [-0.25, -0.2) is 0 Å². The first-order valence-electron chi connectivity index (χ1n) is 6.30. The zero-order valence-electron chi connectivity index (χ0n) is 11.7. The summed E-state index contributed by atoms with van der Waals surface area (Å²) >= 11 is 6.25. The van der Waals surface area contributed by atoms with E-state index < -0.39 is 0 Å². The van der Waals surface area contributed by atoms with E-state index in [4.69, 9.17) is 22.1 Å². The van der Waals surface area contributed by atoms with Crippen LogP contribution in [0.1, 0.15) is 30.5 Å². The van der Waals surface area contributed by atoms with Gasteiger partial charge in [-0.2, -0.15) is 0 Å². The van der Waals surface area contributed by atoms with E-state index in [-0.39, 0.29) is 0 Å². The number of ether oxygens (including phenoxy) is 1. The minimum atomic E-state index is 0.295. The van der Waals surface area contributed by atoms with Crippen LogP contribution in [0.15, 0.2) is 12.1 Å². The molecule has 1 aromatic rings. The first kappa shape index (κ1) is 15.3. The highest BCUT2D eigenvalue weighted by atomic mass is 35.5. The summed E-state index contributed by atoms with van der Waals surface area (Å²) in [4.78, 5) is 2.17. The third kappa shape index (κ3) is 3.61. The van der Waals surface area contributed by atoms with Crippen molar-refractivity contribution in [2.24, 2.45) is 5.73 Å². The maximum Gasteiger partial charge on any atom is 0.138 e. The third-order valence-corrected chi connectivity index (χ3v) is 3.34. The minimum absolute atomic E-state index is 0.295. The van der Waals surface area contributed by atoms with Crippen LogP contribution in [0.25, 0.3) is 0 Å². The summed E-state index contributed by atoms with van der Waals surface area (Å²) in [5.74, 6) is 0.755. The second kappa shape index (κ2) is 6.98. The van der Waals surface area contributed by atoms with E-state index in [2.05, 4.69) is 25.9 Å². The van der Waals surface area contributed by atoms with Gasteiger partial charge in [-0.05, 0) is 64.2 Å². The Bertz CT molecular complexity index is 394. The van der Waals surface area contributed by atoms with Gasteiger partial charge in [0, 0.05) is 6.04 Å². The molecule has 0 aliphatic carbocycles. The summed E-state index contributed by atoms with van der Waals surface area (Å²) in [7, 11) is 4.12. The molecular formula is C14H23ClN2O. The normalized spacial score (nSPS) is 12.8. The first-order chi connectivity index (χ1) is 8.51. The van der Waals surface area contributed by atoms with Gasteiger partial charge in [0.2, 0.25) is 0 Å². The molecule has 0 aliphatic rings. The predicted molar refractivity (Wildman–Crippen MR) is 77.5 cm³/mol. The summed E-state index contributed by atoms with van der Waals surface area (Å²) in [6.45, 7) is 5.32. The molecule has 0 amide bonds. The number of nitrogens with zero attached hydrogens (tertiary/aromatic N) is 1. The predicted octanol–water partition coefficient (Wildman–Crippen LogP) is 3.00. The van der Waals surface area contributed by atoms with Crippen LogP contribution in [0, 0.1) is 6.92 Å². The van der Waals surface area contributed by atoms with Crippen LogP contribution in [-0.4, -0.2) is 32.1 Å². The van der Waals surface area contributed by atoms with Crippen molar-refractivity contribution in [3.63, 3.8) is 0 Å². The minimum Gasteiger partial charge on any atom is -0.492 e. The number of hydrogen-bond acceptors (Lipinski definition) is 3. The number of hydrogen-bond donors (Lipinski definition) is 1. The van der Waals surface area contributed by atoms with Gasteiger partial charge in [-0.15, -0.1) is 0 Å². The van der Waals surface area contributed by atoms with E-state index in [1.54, 1.807) is 0 Å². The number of aryl methyl sites for hydroxylation is 1. The Morgan fingerprint density at radius 3 is 2.56 bits per heavy atom. The van der Waals surface area contributed by atoms with Gasteiger partial charge in [0.15, 0.2) is 0 Å². The number of nitrogens with two attached hydrogens (primary N) is 1. The van der Waals surface area contributed by atoms with Crippen LogP contribution in [0.2, 0.25) is 5.02 Å². The highest BCUT2D eigenvalue weighted by molar-refractivity contribution is 6.32. The molecule has 1 aromatic carbocycles. The monoisotopic (exact) mass is 270 g/mol. The van der Waals surface area contributed by atoms with Crippen molar-refractivity contribution in [3.05, 3.63) is 28.3 Å². The van der Waals surface area contributed by atoms with Crippen molar-refractivity contribution in [1.82, 2.24) is 4.90 Å². The molecule has 1 rings (SSSR count). The molecule has 1 unspecified atom stereocenters. The van der Waals surface area contributed by atoms with Crippen molar-refractivity contribution in [3.8, 4) is 5.75 Å². The molecule has 0 fully saturated rings. The SMILES string of the molecule is CCOc1cc(C)c(C(CCN)N(C)C)cc1Cl. The van der Waals surface area contributed by atoms with Crippen LogP contribution in [0.3, 0.4) is 0 Å². The molecule has 0 saturated heterocycles. The standard InChI is InChI=1S/C14H23ClN2O/c1-5-18-14-8-10(2)11(9-12(14)15)13(6-7-16)17(3)4/h8-9,13H,5-7,16H2,1-4H3. The fourth-order valence-electron chi connectivity index (χ4n) is 2.15. The second-order valence-corrected chi connectivity index (χ2v) is 5.04. The molecule has 0 aromatic heterocycles. The Morgan fingerprint density at radius 1 is 1.39 bits per heavy atom. The average molecular weight is 271 g/mol. The summed E-state index contributed by atoms with van der Waals surface area (Å²) in [6, 6.07) is 4.30. The number of halogens is 1. The summed E-state index contributed by atoms with van der Waals surface area (Å²) in [5.41, 5.74) is 8.10. The average Bonchev–Trinajstić information content (AvgIpc) is 2.31. The molecule has 0 aliphatic heterocycles. The van der Waals surface area contributed by atoms with Gasteiger partial charge >= 0.3 is 0 Å². The topological polar surface area (TPSA) is 38.5 Å². The van der Waals surface area contributed by atoms with E-state index in [1.807, 2.05) is 19.1 Å². The van der Waals surface area contributed by atoms with Gasteiger partial charge in [0.1, 0.15) is 5.75 Å². The Hall–Kier alpha value is -0.770. The molecular weight excluding hydrogens is 248 g/mol. The Kier molecular flexibility index (Phi) is 5.93. The molecule has 4 heteroatoms. The van der Waals surface area contributed by atoms with Crippen molar-refractivity contribution in [1.29, 1.82) is 0 Å². The number of benzene rings is 1. The van der Waals surface area contributed by atoms with E-state index in [1.165, 1.54) is 11.1 Å². The lowest BCUT2D eigenvalue weighted by Gasteiger charge is -2.26. The van der Waals surface area contributed by atoms with Gasteiger partial charge in [0.25, 0.3) is 0 Å². The van der Waals surface area contributed by atoms with Crippen molar-refractivity contribution >= 4 is 11.6 Å². The van der Waals surface area contributed by atoms with Crippen LogP contribution in [0.4, 0.5) is 0 Å². The van der Waals surface area contributed by atoms with Gasteiger partial charge in [-0.1, -0.05) is 11.6 Å². The van der Waals surface area contributed by atoms with Crippen molar-refractivity contribution in [2.45, 2.75) is 26.3 Å². The molecule has 0 spiro atoms. The van der Waals surface area contributed by atoms with Crippen molar-refractivity contribution in [2.75, 3.05) is 27.2 Å². The summed E-state index contributed by atoms with van der Waals surface area (Å²) in [6.07, 6.45) is 0.915. The smallest absolute Gasteiger partial charge is 0.138 e. The molecule has 102 valence electrons. The van der Waals surface area contributed by atoms with Crippen molar-refractivity contribution < 1.29 is 4.74 Å². The zero-order chi connectivity index (χ0) is 13.7. The second-order valence-electron chi connectivity index (χ2n) is 4.63. The first-order valence-corrected chi connectivity index (χ1v) is 6.68. The summed E-state index contributed by atoms with van der Waals surface area (Å²) in [5, 5.41) is 0.668. The molecule has 18 heavy (non-hydrogen) atoms. The lowest BCUT2D eigenvalue weighted by atomic mass is 9.97. The molecule has 3 nitrogen and oxygen atoms in total. The largest absolute Gasteiger partial charge is 0.492 e. The lowest BCUT2D eigenvalue weighted by Crippen LogP contribution is -2.23. The van der Waals surface area contributed by atoms with Crippen LogP contribution in [0.5, 0.6) is 5.75 Å². The fraction of sp³-hybridized carbons (Fsp3) is 0.571. The van der Waals surface area contributed by atoms with Gasteiger partial charge in [-0.3, -0.25) is 0 Å². The fourth-order valence-corrected chi connectivity index (χ4v) is 2.37. The molecule has 0 bridgehead atoms. The summed E-state index contributed by atoms with van der Waals surface area (Å²) < 4.78 is 5.50. The molecule has 0 saturated carbocycles. The van der Waals surface area contributed by atoms with Crippen LogP contribution >= 0.6 is 11.6 Å². The maximum absolute atomic E-state index is 6.25. The highest BCUT2D eigenvalue weighted by Crippen LogP contribution is 2.33.